The van der Waals surface area contributed by atoms with Gasteiger partial charge in [0.2, 0.25) is 5.91 Å². The lowest BCUT2D eigenvalue weighted by atomic mass is 9.84. The molecule has 0 spiro atoms. The van der Waals surface area contributed by atoms with E-state index in [1.165, 1.54) is 0 Å². The number of aliphatic carboxylic acids is 1. The van der Waals surface area contributed by atoms with Crippen LogP contribution in [0.25, 0.3) is 0 Å². The summed E-state index contributed by atoms with van der Waals surface area (Å²) in [5, 5.41) is 11.0. The summed E-state index contributed by atoms with van der Waals surface area (Å²) in [5.41, 5.74) is 1.57. The predicted octanol–water partition coefficient (Wildman–Crippen LogP) is 1.52. The lowest BCUT2D eigenvalue weighted by Crippen LogP contribution is -2.61. The minimum Gasteiger partial charge on any atom is -0.481 e. The van der Waals surface area contributed by atoms with Gasteiger partial charge in [-0.25, -0.2) is 0 Å². The van der Waals surface area contributed by atoms with Gasteiger partial charge < -0.3 is 16.2 Å². The average molecular weight is 298 g/mol. The number of hydrogen-bond acceptors (Lipinski definition) is 3. The lowest BCUT2D eigenvalue weighted by molar-refractivity contribution is -0.187. The summed E-state index contributed by atoms with van der Waals surface area (Å²) in [6, 6.07) is 0. The Kier molecular flexibility index (Phi) is 5.59. The van der Waals surface area contributed by atoms with Gasteiger partial charge in [-0.3, -0.25) is 9.59 Å². The Bertz CT molecular complexity index is 373. The van der Waals surface area contributed by atoms with Gasteiger partial charge in [-0.2, -0.15) is 13.2 Å². The Morgan fingerprint density at radius 1 is 1.20 bits per heavy atom. The first-order valence-corrected chi connectivity index (χ1v) is 6.05. The number of carbonyl (C=O) groups excluding carboxylic acids is 1. The Hall–Kier alpha value is -1.31. The summed E-state index contributed by atoms with van der Waals surface area (Å²) in [7, 11) is 0. The lowest BCUT2D eigenvalue weighted by Gasteiger charge is -2.28. The molecule has 20 heavy (non-hydrogen) atoms. The number of halogens is 3. The predicted molar refractivity (Wildman–Crippen MR) is 66.9 cm³/mol. The molecule has 0 aliphatic heterocycles. The van der Waals surface area contributed by atoms with Crippen LogP contribution in [0.4, 0.5) is 13.2 Å². The van der Waals surface area contributed by atoms with Crippen molar-refractivity contribution in [2.24, 2.45) is 17.1 Å². The van der Waals surface area contributed by atoms with E-state index >= 15 is 0 Å². The fourth-order valence-corrected chi connectivity index (χ4v) is 1.51. The smallest absolute Gasteiger partial charge is 0.415 e. The van der Waals surface area contributed by atoms with E-state index in [4.69, 9.17) is 10.8 Å². The molecule has 118 valence electrons. The zero-order valence-corrected chi connectivity index (χ0v) is 12.0. The van der Waals surface area contributed by atoms with Gasteiger partial charge in [-0.15, -0.1) is 0 Å². The van der Waals surface area contributed by atoms with Crippen molar-refractivity contribution in [1.82, 2.24) is 5.32 Å². The van der Waals surface area contributed by atoms with Crippen molar-refractivity contribution in [1.29, 1.82) is 0 Å². The van der Waals surface area contributed by atoms with E-state index in [1.54, 1.807) is 20.8 Å². The minimum absolute atomic E-state index is 0.218. The molecule has 8 heteroatoms. The number of nitrogens with one attached hydrogen (secondary N) is 1. The van der Waals surface area contributed by atoms with E-state index in [0.29, 0.717) is 6.92 Å². The first-order valence-electron chi connectivity index (χ1n) is 6.05. The molecule has 0 aromatic heterocycles. The molecule has 4 N–H and O–H groups in total. The van der Waals surface area contributed by atoms with E-state index < -0.39 is 36.1 Å². The van der Waals surface area contributed by atoms with Gasteiger partial charge in [0.25, 0.3) is 0 Å². The van der Waals surface area contributed by atoms with Gasteiger partial charge in [0.1, 0.15) is 0 Å². The van der Waals surface area contributed by atoms with Crippen LogP contribution < -0.4 is 11.1 Å². The maximum Gasteiger partial charge on any atom is 0.415 e. The quantitative estimate of drug-likeness (QED) is 0.717. The van der Waals surface area contributed by atoms with Crippen LogP contribution in [-0.4, -0.2) is 35.2 Å². The Labute approximate surface area is 115 Å². The molecule has 0 aromatic carbocycles. The molecule has 0 saturated carbocycles. The second kappa shape index (κ2) is 5.99. The molecular formula is C12H21F3N2O3. The molecule has 0 bridgehead atoms. The van der Waals surface area contributed by atoms with Crippen molar-refractivity contribution in [2.45, 2.75) is 45.8 Å². The zero-order valence-electron chi connectivity index (χ0n) is 12.0. The third kappa shape index (κ3) is 5.36. The third-order valence-electron chi connectivity index (χ3n) is 2.78. The SMILES string of the molecule is CC(C)(C)CC(CNC(=O)C(C)(N)C(F)(F)F)C(=O)O. The molecule has 0 fully saturated rings. The molecule has 0 heterocycles. The van der Waals surface area contributed by atoms with Crippen molar-refractivity contribution < 1.29 is 27.9 Å². The van der Waals surface area contributed by atoms with E-state index in [-0.39, 0.29) is 11.8 Å². The third-order valence-corrected chi connectivity index (χ3v) is 2.78. The van der Waals surface area contributed by atoms with Crippen LogP contribution in [-0.2, 0) is 9.59 Å². The van der Waals surface area contributed by atoms with Gasteiger partial charge in [0, 0.05) is 6.54 Å². The first-order chi connectivity index (χ1) is 8.68. The topological polar surface area (TPSA) is 92.4 Å². The number of nitrogens with two attached hydrogens (primary N) is 1. The fraction of sp³-hybridized carbons (Fsp3) is 0.833. The van der Waals surface area contributed by atoms with Crippen LogP contribution in [0.3, 0.4) is 0 Å². The molecule has 0 aromatic rings. The van der Waals surface area contributed by atoms with Crippen LogP contribution in [0.1, 0.15) is 34.1 Å². The monoisotopic (exact) mass is 298 g/mol. The Balaban J connectivity index is 4.73. The summed E-state index contributed by atoms with van der Waals surface area (Å²) in [4.78, 5) is 22.5. The van der Waals surface area contributed by atoms with Crippen molar-refractivity contribution in [2.75, 3.05) is 6.54 Å². The molecule has 2 unspecified atom stereocenters. The summed E-state index contributed by atoms with van der Waals surface area (Å²) in [6.07, 6.45) is -4.68. The van der Waals surface area contributed by atoms with Gasteiger partial charge in [-0.1, -0.05) is 20.8 Å². The van der Waals surface area contributed by atoms with Crippen LogP contribution in [0, 0.1) is 11.3 Å². The molecule has 2 atom stereocenters. The molecule has 0 aliphatic carbocycles. The molecule has 0 saturated heterocycles. The van der Waals surface area contributed by atoms with Gasteiger partial charge in [0.15, 0.2) is 5.54 Å². The number of rotatable bonds is 5. The average Bonchev–Trinajstić information content (AvgIpc) is 2.19. The molecule has 5 nitrogen and oxygen atoms in total. The Morgan fingerprint density at radius 3 is 1.95 bits per heavy atom. The molecule has 0 radical (unpaired) electrons. The number of carboxylic acids is 1. The number of carbonyl (C=O) groups is 2. The summed E-state index contributed by atoms with van der Waals surface area (Å²) in [5.74, 6) is -3.58. The van der Waals surface area contributed by atoms with Crippen molar-refractivity contribution >= 4 is 11.9 Å². The standard InChI is InChI=1S/C12H21F3N2O3/c1-10(2,3)5-7(8(18)19)6-17-9(20)11(4,16)12(13,14)15/h7H,5-6,16H2,1-4H3,(H,17,20)(H,18,19). The molecule has 0 aliphatic rings. The normalized spacial score (nSPS) is 17.2. The summed E-state index contributed by atoms with van der Waals surface area (Å²) >= 11 is 0. The maximum absolute atomic E-state index is 12.5. The van der Waals surface area contributed by atoms with E-state index in [1.807, 2.05) is 5.32 Å². The first kappa shape index (κ1) is 18.7. The van der Waals surface area contributed by atoms with Crippen molar-refractivity contribution in [3.05, 3.63) is 0 Å². The highest BCUT2D eigenvalue weighted by Crippen LogP contribution is 2.28. The zero-order chi connectivity index (χ0) is 16.4. The number of hydrogen-bond donors (Lipinski definition) is 3. The summed E-state index contributed by atoms with van der Waals surface area (Å²) in [6.45, 7) is 5.55. The fourth-order valence-electron chi connectivity index (χ4n) is 1.51. The molecule has 1 amide bonds. The minimum atomic E-state index is -4.90. The van der Waals surface area contributed by atoms with E-state index in [2.05, 4.69) is 0 Å². The highest BCUT2D eigenvalue weighted by molar-refractivity contribution is 5.87. The Morgan fingerprint density at radius 2 is 1.65 bits per heavy atom. The van der Waals surface area contributed by atoms with E-state index in [0.717, 1.165) is 0 Å². The van der Waals surface area contributed by atoms with Gasteiger partial charge in [0.05, 0.1) is 5.92 Å². The number of alkyl halides is 3. The highest BCUT2D eigenvalue weighted by Gasteiger charge is 2.53. The van der Waals surface area contributed by atoms with E-state index in [9.17, 15) is 22.8 Å². The highest BCUT2D eigenvalue weighted by atomic mass is 19.4. The van der Waals surface area contributed by atoms with Gasteiger partial charge in [-0.05, 0) is 18.8 Å². The maximum atomic E-state index is 12.5. The van der Waals surface area contributed by atoms with Crippen LogP contribution in [0.2, 0.25) is 0 Å². The summed E-state index contributed by atoms with van der Waals surface area (Å²) < 4.78 is 37.6. The van der Waals surface area contributed by atoms with Crippen molar-refractivity contribution in [3.8, 4) is 0 Å². The van der Waals surface area contributed by atoms with Crippen LogP contribution >= 0.6 is 0 Å². The molecule has 0 rings (SSSR count). The molecular weight excluding hydrogens is 277 g/mol. The number of carboxylic acid groups (broad SMARTS) is 1. The van der Waals surface area contributed by atoms with Crippen LogP contribution in [0.15, 0.2) is 0 Å². The largest absolute Gasteiger partial charge is 0.481 e. The van der Waals surface area contributed by atoms with Gasteiger partial charge >= 0.3 is 12.1 Å². The van der Waals surface area contributed by atoms with Crippen molar-refractivity contribution in [3.63, 3.8) is 0 Å². The second-order valence-corrected chi connectivity index (χ2v) is 6.21. The van der Waals surface area contributed by atoms with Crippen LogP contribution in [0.5, 0.6) is 0 Å². The second-order valence-electron chi connectivity index (χ2n) is 6.21. The number of amides is 1.